The van der Waals surface area contributed by atoms with Gasteiger partial charge in [-0.1, -0.05) is 135 Å². The Balaban J connectivity index is 0.617. The molecule has 4 aliphatic rings. The molecule has 6 aromatic carbocycles. The Hall–Kier alpha value is -14.6. The fraction of sp³-hybridized carbons (Fsp3) is 0.400. The van der Waals surface area contributed by atoms with Gasteiger partial charge in [-0.3, -0.25) is 24.0 Å². The molecule has 0 aliphatic carbocycles. The van der Waals surface area contributed by atoms with Crippen LogP contribution in [-0.4, -0.2) is 282 Å². The summed E-state index contributed by atoms with van der Waals surface area (Å²) in [4.78, 5) is 149. The zero-order valence-electron chi connectivity index (χ0n) is 77.4. The zero-order chi connectivity index (χ0) is 101. The Morgan fingerprint density at radius 1 is 0.336 bits per heavy atom. The number of rotatable bonds is 43. The number of benzene rings is 6. The first-order valence-electron chi connectivity index (χ1n) is 44.9. The molecule has 11 aromatic rings. The number of hydrogen-bond donors (Lipinski definition) is 0. The van der Waals surface area contributed by atoms with Crippen LogP contribution >= 0.6 is 23.2 Å². The van der Waals surface area contributed by atoms with Crippen molar-refractivity contribution in [1.29, 1.82) is 0 Å². The number of carbonyl (C=O) groups is 11. The Kier molecular flexibility index (Phi) is 35.0. The number of aromatic nitrogens is 15. The molecule has 46 nitrogen and oxygen atoms in total. The maximum absolute atomic E-state index is 14.6. The molecule has 0 unspecified atom stereocenters. The normalized spacial score (nSPS) is 24.0. The first-order valence-corrected chi connectivity index (χ1v) is 45.8. The number of hydrogen-bond acceptors (Lipinski definition) is 41. The second-order valence-corrected chi connectivity index (χ2v) is 33.7. The topological polar surface area (TPSA) is 526 Å². The Labute approximate surface area is 823 Å². The quantitative estimate of drug-likeness (QED) is 0.0168. The van der Waals surface area contributed by atoms with Crippen molar-refractivity contribution in [3.63, 3.8) is 0 Å². The third kappa shape index (κ3) is 27.4. The smallest absolute Gasteiger partial charge is 0.338 e. The van der Waals surface area contributed by atoms with Crippen molar-refractivity contribution in [1.82, 2.24) is 75.0 Å². The third-order valence-electron chi connectivity index (χ3n) is 22.2. The average molecular weight is 2020 g/mol. The highest BCUT2D eigenvalue weighted by Crippen LogP contribution is 2.44. The Morgan fingerprint density at radius 2 is 0.657 bits per heavy atom. The van der Waals surface area contributed by atoms with Crippen molar-refractivity contribution >= 4 is 88.9 Å². The molecule has 4 aliphatic heterocycles. The van der Waals surface area contributed by atoms with Gasteiger partial charge >= 0.3 is 65.7 Å². The first-order chi connectivity index (χ1) is 69.1. The van der Waals surface area contributed by atoms with E-state index in [2.05, 4.69) is 51.6 Å². The summed E-state index contributed by atoms with van der Waals surface area (Å²) in [5, 5.41) is 41.5. The zero-order valence-corrected chi connectivity index (χ0v) is 78.9. The molecule has 0 N–H and O–H groups in total. The van der Waals surface area contributed by atoms with Gasteiger partial charge in [0.2, 0.25) is 12.1 Å². The summed E-state index contributed by atoms with van der Waals surface area (Å²) in [6.45, 7) is 5.25. The van der Waals surface area contributed by atoms with Crippen molar-refractivity contribution in [3.05, 3.63) is 275 Å². The monoisotopic (exact) mass is 2010 g/mol. The van der Waals surface area contributed by atoms with Crippen LogP contribution in [0.2, 0.25) is 0 Å². The van der Waals surface area contributed by atoms with E-state index in [1.165, 1.54) is 96.5 Å². The second-order valence-electron chi connectivity index (χ2n) is 32.9. The summed E-state index contributed by atoms with van der Waals surface area (Å²) in [7, 11) is 0. The van der Waals surface area contributed by atoms with Gasteiger partial charge < -0.3 is 94.7 Å². The van der Waals surface area contributed by atoms with E-state index in [1.807, 2.05) is 0 Å². The summed E-state index contributed by atoms with van der Waals surface area (Å²) in [5.74, 6) is -12.5. The largest absolute Gasteiger partial charge is 0.463 e. The lowest BCUT2D eigenvalue weighted by atomic mass is 9.97. The van der Waals surface area contributed by atoms with Crippen molar-refractivity contribution in [2.75, 3.05) is 25.7 Å². The van der Waals surface area contributed by atoms with Crippen LogP contribution in [-0.2, 0) is 178 Å². The van der Waals surface area contributed by atoms with Crippen molar-refractivity contribution in [2.24, 2.45) is 0 Å². The highest BCUT2D eigenvalue weighted by Gasteiger charge is 2.64. The highest BCUT2D eigenvalue weighted by molar-refractivity contribution is 6.21. The fourth-order valence-corrected chi connectivity index (χ4v) is 16.4. The predicted molar refractivity (Wildman–Crippen MR) is 481 cm³/mol. The molecule has 0 bridgehead atoms. The summed E-state index contributed by atoms with van der Waals surface area (Å²) >= 11 is 13.5. The molecule has 0 spiro atoms. The van der Waals surface area contributed by atoms with Crippen molar-refractivity contribution in [2.45, 2.75) is 216 Å². The molecule has 752 valence electrons. The maximum Gasteiger partial charge on any atom is 0.338 e. The number of carbonyl (C=O) groups excluding carboxylic acids is 11. The number of halogens is 2. The fourth-order valence-electron chi connectivity index (χ4n) is 15.8. The average Bonchev–Trinajstić information content (AvgIpc) is 1.68. The summed E-state index contributed by atoms with van der Waals surface area (Å²) in [6, 6.07) is 48.0. The van der Waals surface area contributed by atoms with Crippen LogP contribution in [0.3, 0.4) is 0 Å². The van der Waals surface area contributed by atoms with E-state index in [1.54, 1.807) is 147 Å². The lowest BCUT2D eigenvalue weighted by molar-refractivity contribution is -0.359. The molecule has 5 aromatic heterocycles. The standard InChI is InChI=1S/C95H97Cl2N15O31/c1-55-41-110(103-98-55)46-71-76(136-86(118)61-25-13-7-14-26-61)80(138-88(120)63-29-17-9-18-30-63)83(140-90(122)65-33-21-11-22-34-65)92(133-71)127-51-69-42-108(104-101-69)37-39-124-40-38-109-43-70(102-105-109)52-128-93-84(141-91(123)66-35-23-12-24-36-66)81(139-89(121)64-31-19-10-20-32-64)77(137-87(119)62-27-15-8-16-28-62)72(134-93)47-111-44-67(99-106-111)49-125-50-68-45-112(107-100-68)48-73-78(129-57(3)114)85(132-60(6)117)95(54-96,142-73)143-94-82(131-59(5)116)79(130-58(4)115)75(97)74(135-94)53-126-56(2)113/h7-36,41-45,71-85,92-94H,37-40,46-54H2,1-6H3/t71-,72-,73-,74-,75+,76-,77-,78-,79+,80+,81+,82-,83+,84+,85+,92+,93+,94-,95+/m1/s1. The van der Waals surface area contributed by atoms with Crippen molar-refractivity contribution in [3.8, 4) is 0 Å². The molecule has 15 rings (SSSR count). The predicted octanol–water partition coefficient (Wildman–Crippen LogP) is 6.60. The molecular weight excluding hydrogens is 1920 g/mol. The SMILES string of the molecule is CC(=O)OC[C@H]1O[C@H](O[C@]2(CCl)O[C@H](Cn3cc(COCc4cn(C[C@H]5O[C@H](OCc6cn(CCOCCn7cc(CO[C@H]8O[C@H](Cn9cc(C)nn9)[C@@H](OC(=O)c9ccccc9)[C@H](OC(=O)c9ccccc9)[C@@H]8OC(=O)c8ccccc8)nn7)nn6)[C@@H](OC(=O)c6ccccc6)[C@@H](OC(=O)c6ccccc6)[C@@H]5OC(=O)c5ccccc5)nn4)nn3)[C@@H](OC(C)=O)[C@@H]2OC(C)=O)[C@H](OC(C)=O)[C@@H](OC(C)=O)[C@H]1Cl. The number of esters is 11. The first kappa shape index (κ1) is 103. The molecule has 19 atom stereocenters. The maximum atomic E-state index is 14.6. The summed E-state index contributed by atoms with van der Waals surface area (Å²) in [6.07, 6.45) is -18.6. The van der Waals surface area contributed by atoms with Crippen LogP contribution in [0, 0.1) is 6.92 Å². The number of alkyl halides is 2. The second kappa shape index (κ2) is 48.7. The third-order valence-corrected chi connectivity index (χ3v) is 23.1. The summed E-state index contributed by atoms with van der Waals surface area (Å²) < 4.78 is 130. The van der Waals surface area contributed by atoms with Crippen LogP contribution in [0.15, 0.2) is 213 Å². The highest BCUT2D eigenvalue weighted by atomic mass is 35.5. The van der Waals surface area contributed by atoms with Gasteiger partial charge in [0.05, 0.1) is 142 Å². The minimum absolute atomic E-state index is 0.0701. The number of nitrogens with zero attached hydrogens (tertiary/aromatic N) is 15. The van der Waals surface area contributed by atoms with Crippen LogP contribution < -0.4 is 0 Å². The van der Waals surface area contributed by atoms with Gasteiger partial charge in [0.15, 0.2) is 73.6 Å². The van der Waals surface area contributed by atoms with Gasteiger partial charge in [0.1, 0.15) is 59.2 Å². The van der Waals surface area contributed by atoms with Crippen molar-refractivity contribution < 1.29 is 147 Å². The molecule has 0 saturated carbocycles. The van der Waals surface area contributed by atoms with Gasteiger partial charge in [0, 0.05) is 40.8 Å². The van der Waals surface area contributed by atoms with E-state index in [0.717, 1.165) is 34.6 Å². The van der Waals surface area contributed by atoms with Gasteiger partial charge in [-0.05, 0) is 79.7 Å². The lowest BCUT2D eigenvalue weighted by Gasteiger charge is -2.45. The van der Waals surface area contributed by atoms with Crippen LogP contribution in [0.4, 0.5) is 0 Å². The van der Waals surface area contributed by atoms with Gasteiger partial charge in [-0.2, -0.15) is 0 Å². The Bertz CT molecular complexity index is 6160. The molecule has 4 saturated heterocycles. The molecule has 0 amide bonds. The van der Waals surface area contributed by atoms with E-state index in [-0.39, 0.29) is 129 Å². The minimum Gasteiger partial charge on any atom is -0.463 e. The van der Waals surface area contributed by atoms with E-state index in [9.17, 15) is 52.7 Å². The summed E-state index contributed by atoms with van der Waals surface area (Å²) in [5.41, 5.74) is 2.22. The molecular formula is C95H97Cl2N15O31. The lowest BCUT2D eigenvalue weighted by Crippen LogP contribution is -2.63. The number of ether oxygens (including phenoxy) is 20. The van der Waals surface area contributed by atoms with Crippen LogP contribution in [0.1, 0.15) is 125 Å². The molecule has 4 fully saturated rings. The number of aryl methyl sites for hydroxylation is 1. The van der Waals surface area contributed by atoms with E-state index < -0.39 is 194 Å². The van der Waals surface area contributed by atoms with E-state index in [4.69, 9.17) is 118 Å². The molecule has 143 heavy (non-hydrogen) atoms. The van der Waals surface area contributed by atoms with E-state index >= 15 is 0 Å². The van der Waals surface area contributed by atoms with Crippen LogP contribution in [0.5, 0.6) is 0 Å². The minimum atomic E-state index is -2.34. The van der Waals surface area contributed by atoms with Gasteiger partial charge in [-0.15, -0.1) is 48.7 Å². The van der Waals surface area contributed by atoms with Gasteiger partial charge in [-0.25, -0.2) is 52.2 Å². The molecule has 9 heterocycles. The molecule has 48 heteroatoms. The van der Waals surface area contributed by atoms with E-state index in [0.29, 0.717) is 5.69 Å². The van der Waals surface area contributed by atoms with Gasteiger partial charge in [0.25, 0.3) is 0 Å². The molecule has 0 radical (unpaired) electrons. The van der Waals surface area contributed by atoms with Crippen LogP contribution in [0.25, 0.3) is 0 Å². The Morgan fingerprint density at radius 3 is 1.03 bits per heavy atom.